The topological polar surface area (TPSA) is 98.8 Å². The molecule has 0 bridgehead atoms. The standard InChI is InChI=1S/C13H20ClNO5S/c1-3-13(16,4-2)20-12-10(6-5-7-11(12)14)8-9-19-21(15,17)18/h5-7,16H,3-4,8-9H2,1-2H3,(H2,15,17,18). The van der Waals surface area contributed by atoms with E-state index >= 15 is 0 Å². The van der Waals surface area contributed by atoms with Gasteiger partial charge in [0.25, 0.3) is 0 Å². The van der Waals surface area contributed by atoms with Crippen LogP contribution in [0.5, 0.6) is 5.75 Å². The van der Waals surface area contributed by atoms with Crippen LogP contribution in [0.1, 0.15) is 32.3 Å². The van der Waals surface area contributed by atoms with Crippen molar-refractivity contribution in [2.45, 2.75) is 38.9 Å². The van der Waals surface area contributed by atoms with Gasteiger partial charge in [-0.2, -0.15) is 8.42 Å². The smallest absolute Gasteiger partial charge is 0.333 e. The van der Waals surface area contributed by atoms with Crippen LogP contribution >= 0.6 is 11.6 Å². The Hall–Kier alpha value is -0.860. The fraction of sp³-hybridized carbons (Fsp3) is 0.538. The molecule has 8 heteroatoms. The molecule has 0 aliphatic heterocycles. The fourth-order valence-corrected chi connectivity index (χ4v) is 2.27. The Morgan fingerprint density at radius 1 is 1.33 bits per heavy atom. The highest BCUT2D eigenvalue weighted by Crippen LogP contribution is 2.33. The van der Waals surface area contributed by atoms with Crippen LogP contribution in [0.4, 0.5) is 0 Å². The van der Waals surface area contributed by atoms with Gasteiger partial charge in [0.2, 0.25) is 5.79 Å². The van der Waals surface area contributed by atoms with Crippen LogP contribution in [0.3, 0.4) is 0 Å². The van der Waals surface area contributed by atoms with E-state index in [9.17, 15) is 13.5 Å². The zero-order valence-electron chi connectivity index (χ0n) is 12.0. The van der Waals surface area contributed by atoms with Gasteiger partial charge < -0.3 is 9.84 Å². The molecule has 1 rings (SSSR count). The third-order valence-electron chi connectivity index (χ3n) is 3.06. The lowest BCUT2D eigenvalue weighted by molar-refractivity contribution is -0.141. The van der Waals surface area contributed by atoms with Gasteiger partial charge in [-0.3, -0.25) is 4.18 Å². The second kappa shape index (κ2) is 7.42. The van der Waals surface area contributed by atoms with E-state index in [-0.39, 0.29) is 13.0 Å². The predicted molar refractivity (Wildman–Crippen MR) is 80.4 cm³/mol. The number of benzene rings is 1. The van der Waals surface area contributed by atoms with Gasteiger partial charge in [0.1, 0.15) is 5.75 Å². The zero-order valence-corrected chi connectivity index (χ0v) is 13.6. The van der Waals surface area contributed by atoms with E-state index in [4.69, 9.17) is 21.5 Å². The molecular formula is C13H20ClNO5S. The molecular weight excluding hydrogens is 318 g/mol. The van der Waals surface area contributed by atoms with Crippen LogP contribution in [-0.2, 0) is 20.9 Å². The van der Waals surface area contributed by atoms with Gasteiger partial charge >= 0.3 is 10.3 Å². The van der Waals surface area contributed by atoms with E-state index in [0.29, 0.717) is 29.2 Å². The van der Waals surface area contributed by atoms with Gasteiger partial charge in [-0.1, -0.05) is 37.6 Å². The van der Waals surface area contributed by atoms with E-state index in [1.165, 1.54) is 0 Å². The minimum Gasteiger partial charge on any atom is -0.461 e. The van der Waals surface area contributed by atoms with Crippen molar-refractivity contribution in [3.8, 4) is 5.75 Å². The lowest BCUT2D eigenvalue weighted by Crippen LogP contribution is -2.34. The quantitative estimate of drug-likeness (QED) is 0.707. The van der Waals surface area contributed by atoms with Crippen molar-refractivity contribution >= 4 is 21.9 Å². The van der Waals surface area contributed by atoms with Crippen molar-refractivity contribution in [2.24, 2.45) is 5.14 Å². The van der Waals surface area contributed by atoms with Gasteiger partial charge in [-0.25, -0.2) is 5.14 Å². The maximum absolute atomic E-state index is 10.8. The Bertz CT molecular complexity index is 572. The van der Waals surface area contributed by atoms with Crippen LogP contribution in [0.2, 0.25) is 5.02 Å². The molecule has 6 nitrogen and oxygen atoms in total. The maximum atomic E-state index is 10.8. The van der Waals surface area contributed by atoms with E-state index in [0.717, 1.165) is 0 Å². The summed E-state index contributed by atoms with van der Waals surface area (Å²) in [6.45, 7) is 3.46. The first-order valence-electron chi connectivity index (χ1n) is 6.56. The molecule has 0 radical (unpaired) electrons. The summed E-state index contributed by atoms with van der Waals surface area (Å²) >= 11 is 6.10. The number of hydrogen-bond donors (Lipinski definition) is 2. The Kier molecular flexibility index (Phi) is 6.42. The van der Waals surface area contributed by atoms with Gasteiger partial charge in [-0.05, 0) is 11.6 Å². The lowest BCUT2D eigenvalue weighted by Gasteiger charge is -2.28. The molecule has 0 saturated carbocycles. The molecule has 21 heavy (non-hydrogen) atoms. The number of halogens is 1. The van der Waals surface area contributed by atoms with Crippen molar-refractivity contribution in [3.63, 3.8) is 0 Å². The molecule has 120 valence electrons. The van der Waals surface area contributed by atoms with E-state index in [1.54, 1.807) is 32.0 Å². The maximum Gasteiger partial charge on any atom is 0.333 e. The highest BCUT2D eigenvalue weighted by Gasteiger charge is 2.26. The predicted octanol–water partition coefficient (Wildman–Crippen LogP) is 1.99. The van der Waals surface area contributed by atoms with E-state index in [1.807, 2.05) is 0 Å². The summed E-state index contributed by atoms with van der Waals surface area (Å²) < 4.78 is 31.6. The first-order chi connectivity index (χ1) is 9.71. The Labute approximate surface area is 130 Å². The normalized spacial score (nSPS) is 12.4. The third kappa shape index (κ3) is 5.80. The second-order valence-electron chi connectivity index (χ2n) is 4.55. The lowest BCUT2D eigenvalue weighted by atomic mass is 10.1. The molecule has 1 aromatic rings. The van der Waals surface area contributed by atoms with Crippen LogP contribution < -0.4 is 9.88 Å². The number of aliphatic hydroxyl groups is 1. The van der Waals surface area contributed by atoms with Crippen LogP contribution in [0.25, 0.3) is 0 Å². The highest BCUT2D eigenvalue weighted by molar-refractivity contribution is 7.84. The van der Waals surface area contributed by atoms with Gasteiger partial charge in [0.05, 0.1) is 11.6 Å². The van der Waals surface area contributed by atoms with Gasteiger partial charge in [-0.15, -0.1) is 0 Å². The summed E-state index contributed by atoms with van der Waals surface area (Å²) in [6, 6.07) is 5.06. The summed E-state index contributed by atoms with van der Waals surface area (Å²) in [5, 5.41) is 15.4. The zero-order chi connectivity index (χ0) is 16.1. The van der Waals surface area contributed by atoms with E-state index in [2.05, 4.69) is 4.18 Å². The Balaban J connectivity index is 2.93. The number of para-hydroxylation sites is 1. The molecule has 0 amide bonds. The first-order valence-corrected chi connectivity index (χ1v) is 8.41. The number of rotatable bonds is 8. The second-order valence-corrected chi connectivity index (χ2v) is 6.18. The van der Waals surface area contributed by atoms with E-state index < -0.39 is 16.1 Å². The molecule has 0 aromatic heterocycles. The van der Waals surface area contributed by atoms with Crippen molar-refractivity contribution in [1.82, 2.24) is 0 Å². The average Bonchev–Trinajstić information content (AvgIpc) is 2.41. The molecule has 0 spiro atoms. The SMILES string of the molecule is CCC(O)(CC)Oc1c(Cl)cccc1CCOS(N)(=O)=O. The molecule has 0 aliphatic carbocycles. The molecule has 1 aromatic carbocycles. The van der Waals surface area contributed by atoms with Crippen molar-refractivity contribution < 1.29 is 22.4 Å². The summed E-state index contributed by atoms with van der Waals surface area (Å²) in [5.41, 5.74) is 0.631. The highest BCUT2D eigenvalue weighted by atomic mass is 35.5. The largest absolute Gasteiger partial charge is 0.461 e. The molecule has 0 unspecified atom stereocenters. The summed E-state index contributed by atoms with van der Waals surface area (Å²) in [6.07, 6.45) is 1.01. The number of ether oxygens (including phenoxy) is 1. The minimum atomic E-state index is -3.98. The molecule has 0 aliphatic rings. The summed E-state index contributed by atoms with van der Waals surface area (Å²) in [5.74, 6) is -0.996. The van der Waals surface area contributed by atoms with Gasteiger partial charge in [0.15, 0.2) is 0 Å². The number of nitrogens with two attached hydrogens (primary N) is 1. The Morgan fingerprint density at radius 2 is 1.95 bits per heavy atom. The van der Waals surface area contributed by atoms with Crippen LogP contribution in [-0.4, -0.2) is 25.9 Å². The minimum absolute atomic E-state index is 0.133. The Morgan fingerprint density at radius 3 is 2.48 bits per heavy atom. The summed E-state index contributed by atoms with van der Waals surface area (Å²) in [7, 11) is -3.98. The number of hydrogen-bond acceptors (Lipinski definition) is 5. The average molecular weight is 338 g/mol. The van der Waals surface area contributed by atoms with Crippen LogP contribution in [0, 0.1) is 0 Å². The van der Waals surface area contributed by atoms with Gasteiger partial charge in [0, 0.05) is 19.3 Å². The van der Waals surface area contributed by atoms with Crippen LogP contribution in [0.15, 0.2) is 18.2 Å². The summed E-state index contributed by atoms with van der Waals surface area (Å²) in [4.78, 5) is 0. The van der Waals surface area contributed by atoms with Crippen molar-refractivity contribution in [2.75, 3.05) is 6.61 Å². The third-order valence-corrected chi connectivity index (χ3v) is 3.86. The molecule has 0 atom stereocenters. The van der Waals surface area contributed by atoms with Crippen molar-refractivity contribution in [3.05, 3.63) is 28.8 Å². The molecule has 0 saturated heterocycles. The molecule has 0 fully saturated rings. The monoisotopic (exact) mass is 337 g/mol. The first kappa shape index (κ1) is 18.2. The molecule has 3 N–H and O–H groups in total. The molecule has 0 heterocycles. The van der Waals surface area contributed by atoms with Crippen molar-refractivity contribution in [1.29, 1.82) is 0 Å². The fourth-order valence-electron chi connectivity index (χ4n) is 1.72.